The average molecular weight is 270 g/mol. The number of nitrogens with zero attached hydrogens (tertiary/aromatic N) is 1. The molecule has 82 valence electrons. The van der Waals surface area contributed by atoms with E-state index in [1.54, 1.807) is 0 Å². The number of aliphatic hydroxyl groups is 1. The lowest BCUT2D eigenvalue weighted by molar-refractivity contribution is 0.188. The van der Waals surface area contributed by atoms with Crippen molar-refractivity contribution in [3.05, 3.63) is 28.7 Å². The molecule has 1 aliphatic rings. The summed E-state index contributed by atoms with van der Waals surface area (Å²) < 4.78 is 1.09. The summed E-state index contributed by atoms with van der Waals surface area (Å²) in [5.41, 5.74) is 1.23. The zero-order valence-corrected chi connectivity index (χ0v) is 10.7. The second-order valence-electron chi connectivity index (χ2n) is 4.76. The fourth-order valence-corrected chi connectivity index (χ4v) is 2.55. The molecule has 1 aromatic carbocycles. The summed E-state index contributed by atoms with van der Waals surface area (Å²) in [6.07, 6.45) is 0.631. The molecule has 3 heteroatoms. The molecule has 2 nitrogen and oxygen atoms in total. The zero-order valence-electron chi connectivity index (χ0n) is 9.07. The topological polar surface area (TPSA) is 23.5 Å². The summed E-state index contributed by atoms with van der Waals surface area (Å²) in [7, 11) is 0. The molecule has 1 aliphatic heterocycles. The molecule has 0 aliphatic carbocycles. The van der Waals surface area contributed by atoms with Gasteiger partial charge in [-0.15, -0.1) is 0 Å². The van der Waals surface area contributed by atoms with Crippen molar-refractivity contribution < 1.29 is 5.11 Å². The van der Waals surface area contributed by atoms with E-state index in [0.717, 1.165) is 17.4 Å². The molecule has 15 heavy (non-hydrogen) atoms. The number of hydrogen-bond donors (Lipinski definition) is 1. The molecule has 1 N–H and O–H groups in total. The van der Waals surface area contributed by atoms with Crippen molar-refractivity contribution in [3.63, 3.8) is 0 Å². The number of hydrogen-bond acceptors (Lipinski definition) is 2. The summed E-state index contributed by atoms with van der Waals surface area (Å²) in [5.74, 6) is 0. The van der Waals surface area contributed by atoms with Crippen molar-refractivity contribution in [3.8, 4) is 0 Å². The van der Waals surface area contributed by atoms with E-state index >= 15 is 0 Å². The number of benzene rings is 1. The quantitative estimate of drug-likeness (QED) is 0.848. The number of anilines is 1. The van der Waals surface area contributed by atoms with Gasteiger partial charge < -0.3 is 10.0 Å². The van der Waals surface area contributed by atoms with Gasteiger partial charge in [0.2, 0.25) is 0 Å². The van der Waals surface area contributed by atoms with Gasteiger partial charge in [-0.1, -0.05) is 15.9 Å². The van der Waals surface area contributed by atoms with E-state index in [0.29, 0.717) is 0 Å². The minimum Gasteiger partial charge on any atom is -0.391 e. The van der Waals surface area contributed by atoms with Gasteiger partial charge in [-0.05, 0) is 44.5 Å². The molecular weight excluding hydrogens is 254 g/mol. The van der Waals surface area contributed by atoms with Crippen LogP contribution in [0.5, 0.6) is 0 Å². The van der Waals surface area contributed by atoms with E-state index in [1.165, 1.54) is 5.69 Å². The monoisotopic (exact) mass is 269 g/mol. The Balaban J connectivity index is 2.27. The molecule has 2 rings (SSSR count). The Hall–Kier alpha value is -0.540. The summed E-state index contributed by atoms with van der Waals surface area (Å²) in [6.45, 7) is 5.07. The van der Waals surface area contributed by atoms with Gasteiger partial charge in [-0.2, -0.15) is 0 Å². The molecule has 1 fully saturated rings. The standard InChI is InChI=1S/C12H16BrNO/c1-12(2)7-11(15)8-14(12)10-5-3-9(13)4-6-10/h3-6,11,15H,7-8H2,1-2H3. The van der Waals surface area contributed by atoms with Crippen molar-refractivity contribution in [2.75, 3.05) is 11.4 Å². The van der Waals surface area contributed by atoms with Crippen molar-refractivity contribution in [2.24, 2.45) is 0 Å². The van der Waals surface area contributed by atoms with E-state index in [9.17, 15) is 5.11 Å². The Morgan fingerprint density at radius 1 is 1.33 bits per heavy atom. The lowest BCUT2D eigenvalue weighted by Crippen LogP contribution is -2.38. The maximum Gasteiger partial charge on any atom is 0.0737 e. The molecule has 0 amide bonds. The summed E-state index contributed by atoms with van der Waals surface area (Å²) >= 11 is 3.43. The first-order valence-corrected chi connectivity index (χ1v) is 6.00. The van der Waals surface area contributed by atoms with Crippen LogP contribution in [0.25, 0.3) is 0 Å². The zero-order chi connectivity index (χ0) is 11.1. The largest absolute Gasteiger partial charge is 0.391 e. The van der Waals surface area contributed by atoms with Crippen LogP contribution >= 0.6 is 15.9 Å². The Kier molecular flexibility index (Phi) is 2.77. The molecule has 1 aromatic rings. The number of β-amino-alcohol motifs (C(OH)–C–C–N with tert-alkyl or cyclic N) is 1. The van der Waals surface area contributed by atoms with Crippen LogP contribution in [0.15, 0.2) is 28.7 Å². The third kappa shape index (κ3) is 2.18. The maximum atomic E-state index is 9.70. The van der Waals surface area contributed by atoms with Gasteiger partial charge >= 0.3 is 0 Å². The molecule has 1 heterocycles. The van der Waals surface area contributed by atoms with Gasteiger partial charge in [0.05, 0.1) is 6.10 Å². The van der Waals surface area contributed by atoms with Crippen LogP contribution in [0.4, 0.5) is 5.69 Å². The SMILES string of the molecule is CC1(C)CC(O)CN1c1ccc(Br)cc1. The van der Waals surface area contributed by atoms with Crippen molar-refractivity contribution in [2.45, 2.75) is 31.9 Å². The minimum atomic E-state index is -0.205. The number of aliphatic hydroxyl groups excluding tert-OH is 1. The molecule has 0 bridgehead atoms. The van der Waals surface area contributed by atoms with Gasteiger partial charge in [0.15, 0.2) is 0 Å². The Morgan fingerprint density at radius 2 is 1.93 bits per heavy atom. The van der Waals surface area contributed by atoms with Crippen molar-refractivity contribution in [1.82, 2.24) is 0 Å². The smallest absolute Gasteiger partial charge is 0.0737 e. The van der Waals surface area contributed by atoms with Gasteiger partial charge in [0.1, 0.15) is 0 Å². The first-order chi connectivity index (χ1) is 6.99. The summed E-state index contributed by atoms with van der Waals surface area (Å²) in [4.78, 5) is 2.27. The Bertz CT molecular complexity index is 347. The summed E-state index contributed by atoms with van der Waals surface area (Å²) in [5, 5.41) is 9.70. The highest BCUT2D eigenvalue weighted by molar-refractivity contribution is 9.10. The van der Waals surface area contributed by atoms with Crippen LogP contribution in [-0.4, -0.2) is 23.3 Å². The molecule has 0 saturated carbocycles. The minimum absolute atomic E-state index is 0.0489. The fourth-order valence-electron chi connectivity index (χ4n) is 2.29. The predicted molar refractivity (Wildman–Crippen MR) is 66.2 cm³/mol. The Labute approximate surface area is 99.0 Å². The average Bonchev–Trinajstić information content (AvgIpc) is 2.41. The van der Waals surface area contributed by atoms with E-state index < -0.39 is 0 Å². The molecule has 1 atom stereocenters. The third-order valence-corrected chi connectivity index (χ3v) is 3.53. The lowest BCUT2D eigenvalue weighted by atomic mass is 10.0. The molecule has 1 unspecified atom stereocenters. The molecule has 1 saturated heterocycles. The van der Waals surface area contributed by atoms with E-state index in [1.807, 2.05) is 12.1 Å². The van der Waals surface area contributed by atoms with Crippen LogP contribution in [0.1, 0.15) is 20.3 Å². The van der Waals surface area contributed by atoms with Crippen molar-refractivity contribution >= 4 is 21.6 Å². The van der Waals surface area contributed by atoms with Crippen LogP contribution in [0.3, 0.4) is 0 Å². The Morgan fingerprint density at radius 3 is 2.40 bits per heavy atom. The molecule has 0 spiro atoms. The highest BCUT2D eigenvalue weighted by Crippen LogP contribution is 2.34. The maximum absolute atomic E-state index is 9.70. The van der Waals surface area contributed by atoms with Gasteiger partial charge in [0.25, 0.3) is 0 Å². The van der Waals surface area contributed by atoms with Crippen molar-refractivity contribution in [1.29, 1.82) is 0 Å². The first-order valence-electron chi connectivity index (χ1n) is 5.20. The van der Waals surface area contributed by atoms with E-state index in [-0.39, 0.29) is 11.6 Å². The number of halogens is 1. The highest BCUT2D eigenvalue weighted by Gasteiger charge is 2.37. The van der Waals surface area contributed by atoms with Crippen LogP contribution in [0, 0.1) is 0 Å². The predicted octanol–water partition coefficient (Wildman–Crippen LogP) is 2.80. The lowest BCUT2D eigenvalue weighted by Gasteiger charge is -2.33. The van der Waals surface area contributed by atoms with Crippen LogP contribution < -0.4 is 4.90 Å². The van der Waals surface area contributed by atoms with Gasteiger partial charge in [-0.25, -0.2) is 0 Å². The number of rotatable bonds is 1. The molecule has 0 radical (unpaired) electrons. The molecule has 0 aromatic heterocycles. The van der Waals surface area contributed by atoms with E-state index in [2.05, 4.69) is 46.8 Å². The van der Waals surface area contributed by atoms with E-state index in [4.69, 9.17) is 0 Å². The summed E-state index contributed by atoms with van der Waals surface area (Å²) in [6, 6.07) is 8.25. The highest BCUT2D eigenvalue weighted by atomic mass is 79.9. The normalized spacial score (nSPS) is 24.5. The second-order valence-corrected chi connectivity index (χ2v) is 5.67. The molecular formula is C12H16BrNO. The fraction of sp³-hybridized carbons (Fsp3) is 0.500. The van der Waals surface area contributed by atoms with Gasteiger partial charge in [-0.3, -0.25) is 0 Å². The third-order valence-electron chi connectivity index (χ3n) is 3.00. The first kappa shape index (κ1) is 11.0. The van der Waals surface area contributed by atoms with Crippen LogP contribution in [-0.2, 0) is 0 Å². The second kappa shape index (κ2) is 3.80. The van der Waals surface area contributed by atoms with Gasteiger partial charge in [0, 0.05) is 22.2 Å². The van der Waals surface area contributed by atoms with Crippen LogP contribution in [0.2, 0.25) is 0 Å².